The highest BCUT2D eigenvalue weighted by Gasteiger charge is 2.04. The van der Waals surface area contributed by atoms with E-state index in [1.807, 2.05) is 0 Å². The lowest BCUT2D eigenvalue weighted by Gasteiger charge is -2.04. The summed E-state index contributed by atoms with van der Waals surface area (Å²) in [6.07, 6.45) is 2.72. The average Bonchev–Trinajstić information content (AvgIpc) is 2.33. The van der Waals surface area contributed by atoms with Crippen molar-refractivity contribution in [2.45, 2.75) is 13.5 Å². The van der Waals surface area contributed by atoms with Crippen molar-refractivity contribution in [1.82, 2.24) is 14.5 Å². The first kappa shape index (κ1) is 12.0. The summed E-state index contributed by atoms with van der Waals surface area (Å²) in [6, 6.07) is 4.47. The molecular weight excluding hydrogens is 234 g/mol. The van der Waals surface area contributed by atoms with Crippen LogP contribution < -0.4 is 5.56 Å². The Bertz CT molecular complexity index is 632. The van der Waals surface area contributed by atoms with Gasteiger partial charge in [-0.1, -0.05) is 0 Å². The van der Waals surface area contributed by atoms with Crippen molar-refractivity contribution in [1.29, 1.82) is 0 Å². The van der Waals surface area contributed by atoms with Crippen LogP contribution in [0, 0.1) is 6.92 Å². The van der Waals surface area contributed by atoms with Crippen molar-refractivity contribution in [2.75, 3.05) is 0 Å². The number of aromatic carboxylic acids is 1. The van der Waals surface area contributed by atoms with E-state index in [4.69, 9.17) is 5.11 Å². The number of carboxylic acid groups (broad SMARTS) is 1. The maximum Gasteiger partial charge on any atom is 0.337 e. The van der Waals surface area contributed by atoms with Crippen LogP contribution in [0.2, 0.25) is 0 Å². The lowest BCUT2D eigenvalue weighted by atomic mass is 10.2. The molecule has 2 aromatic rings. The minimum atomic E-state index is -1.02. The first-order valence-corrected chi connectivity index (χ1v) is 5.27. The van der Waals surface area contributed by atoms with Crippen molar-refractivity contribution < 1.29 is 9.90 Å². The van der Waals surface area contributed by atoms with Gasteiger partial charge in [0.15, 0.2) is 0 Å². The molecule has 0 atom stereocenters. The summed E-state index contributed by atoms with van der Waals surface area (Å²) in [4.78, 5) is 30.3. The zero-order chi connectivity index (χ0) is 13.1. The van der Waals surface area contributed by atoms with Gasteiger partial charge >= 0.3 is 5.97 Å². The van der Waals surface area contributed by atoms with E-state index in [1.54, 1.807) is 13.0 Å². The van der Waals surface area contributed by atoms with Crippen molar-refractivity contribution >= 4 is 5.97 Å². The highest BCUT2D eigenvalue weighted by atomic mass is 16.4. The number of hydrogen-bond acceptors (Lipinski definition) is 4. The molecule has 0 aromatic carbocycles. The molecule has 0 amide bonds. The summed E-state index contributed by atoms with van der Waals surface area (Å²) in [7, 11) is 0. The fourth-order valence-electron chi connectivity index (χ4n) is 1.45. The molecular formula is C12H11N3O3. The molecule has 2 heterocycles. The van der Waals surface area contributed by atoms with Crippen LogP contribution in [-0.4, -0.2) is 25.6 Å². The SMILES string of the molecule is Cc1cc(=O)n(Cc2ccc(C(=O)O)cn2)cn1. The van der Waals surface area contributed by atoms with Crippen molar-refractivity contribution in [2.24, 2.45) is 0 Å². The zero-order valence-electron chi connectivity index (χ0n) is 9.70. The van der Waals surface area contributed by atoms with Gasteiger partial charge in [0, 0.05) is 18.0 Å². The molecule has 2 rings (SSSR count). The van der Waals surface area contributed by atoms with E-state index in [-0.39, 0.29) is 17.7 Å². The van der Waals surface area contributed by atoms with Crippen molar-refractivity contribution in [3.63, 3.8) is 0 Å². The monoisotopic (exact) mass is 245 g/mol. The van der Waals surface area contributed by atoms with Crippen LogP contribution in [0.15, 0.2) is 35.5 Å². The molecule has 0 aliphatic heterocycles. The van der Waals surface area contributed by atoms with E-state index >= 15 is 0 Å². The largest absolute Gasteiger partial charge is 0.478 e. The van der Waals surface area contributed by atoms with E-state index in [9.17, 15) is 9.59 Å². The molecule has 0 bridgehead atoms. The highest BCUT2D eigenvalue weighted by molar-refractivity contribution is 5.87. The molecule has 0 spiro atoms. The summed E-state index contributed by atoms with van der Waals surface area (Å²) in [6.45, 7) is 2.01. The van der Waals surface area contributed by atoms with Gasteiger partial charge in [-0.15, -0.1) is 0 Å². The highest BCUT2D eigenvalue weighted by Crippen LogP contribution is 2.01. The van der Waals surface area contributed by atoms with E-state index < -0.39 is 5.97 Å². The van der Waals surface area contributed by atoms with Crippen LogP contribution in [0.25, 0.3) is 0 Å². The number of aryl methyl sites for hydroxylation is 1. The Hall–Kier alpha value is -2.50. The number of pyridine rings is 1. The van der Waals surface area contributed by atoms with Crippen LogP contribution in [0.1, 0.15) is 21.7 Å². The van der Waals surface area contributed by atoms with Gasteiger partial charge in [-0.2, -0.15) is 0 Å². The molecule has 0 unspecified atom stereocenters. The molecule has 6 nitrogen and oxygen atoms in total. The number of rotatable bonds is 3. The van der Waals surface area contributed by atoms with Crippen molar-refractivity contribution in [3.8, 4) is 0 Å². The van der Waals surface area contributed by atoms with E-state index in [2.05, 4.69) is 9.97 Å². The second-order valence-corrected chi connectivity index (χ2v) is 3.84. The Morgan fingerprint density at radius 2 is 2.17 bits per heavy atom. The van der Waals surface area contributed by atoms with E-state index in [0.29, 0.717) is 11.4 Å². The van der Waals surface area contributed by atoms with Gasteiger partial charge in [0.25, 0.3) is 5.56 Å². The Balaban J connectivity index is 2.23. The second-order valence-electron chi connectivity index (χ2n) is 3.84. The van der Waals surface area contributed by atoms with Crippen LogP contribution >= 0.6 is 0 Å². The van der Waals surface area contributed by atoms with Gasteiger partial charge in [0.05, 0.1) is 24.1 Å². The topological polar surface area (TPSA) is 85.1 Å². The second kappa shape index (κ2) is 4.79. The maximum atomic E-state index is 11.6. The molecule has 0 aliphatic carbocycles. The third-order valence-electron chi connectivity index (χ3n) is 2.42. The molecule has 92 valence electrons. The van der Waals surface area contributed by atoms with E-state index in [0.717, 1.165) is 0 Å². The minimum Gasteiger partial charge on any atom is -0.478 e. The van der Waals surface area contributed by atoms with E-state index in [1.165, 1.54) is 29.2 Å². The lowest BCUT2D eigenvalue weighted by Crippen LogP contribution is -2.21. The minimum absolute atomic E-state index is 0.119. The summed E-state index contributed by atoms with van der Waals surface area (Å²) < 4.78 is 1.41. The Labute approximate surface area is 103 Å². The molecule has 0 fully saturated rings. The Morgan fingerprint density at radius 1 is 1.39 bits per heavy atom. The van der Waals surface area contributed by atoms with Crippen LogP contribution in [0.4, 0.5) is 0 Å². The van der Waals surface area contributed by atoms with Gasteiger partial charge in [-0.25, -0.2) is 9.78 Å². The van der Waals surface area contributed by atoms with Crippen LogP contribution in [0.5, 0.6) is 0 Å². The van der Waals surface area contributed by atoms with Crippen molar-refractivity contribution in [3.05, 3.63) is 58.0 Å². The number of carbonyl (C=O) groups is 1. The molecule has 6 heteroatoms. The van der Waals surface area contributed by atoms with Crippen LogP contribution in [0.3, 0.4) is 0 Å². The Morgan fingerprint density at radius 3 is 2.72 bits per heavy atom. The first-order valence-electron chi connectivity index (χ1n) is 5.27. The molecule has 0 radical (unpaired) electrons. The summed E-state index contributed by atoms with van der Waals surface area (Å²) in [5, 5.41) is 8.73. The fraction of sp³-hybridized carbons (Fsp3) is 0.167. The quantitative estimate of drug-likeness (QED) is 0.860. The van der Waals surface area contributed by atoms with Gasteiger partial charge in [0.1, 0.15) is 0 Å². The van der Waals surface area contributed by atoms with Gasteiger partial charge in [-0.3, -0.25) is 14.3 Å². The first-order chi connectivity index (χ1) is 8.56. The number of carboxylic acids is 1. The molecule has 0 aliphatic rings. The Kier molecular flexibility index (Phi) is 3.18. The summed E-state index contributed by atoms with van der Waals surface area (Å²) >= 11 is 0. The number of aromatic nitrogens is 3. The molecule has 18 heavy (non-hydrogen) atoms. The molecule has 2 aromatic heterocycles. The summed E-state index contributed by atoms with van der Waals surface area (Å²) in [5.41, 5.74) is 1.22. The predicted molar refractivity (Wildman–Crippen MR) is 63.5 cm³/mol. The van der Waals surface area contributed by atoms with Gasteiger partial charge in [0.2, 0.25) is 0 Å². The fourth-order valence-corrected chi connectivity index (χ4v) is 1.45. The molecule has 0 saturated carbocycles. The van der Waals surface area contributed by atoms with Gasteiger partial charge in [-0.05, 0) is 19.1 Å². The maximum absolute atomic E-state index is 11.6. The lowest BCUT2D eigenvalue weighted by molar-refractivity contribution is 0.0696. The smallest absolute Gasteiger partial charge is 0.337 e. The third kappa shape index (κ3) is 2.60. The third-order valence-corrected chi connectivity index (χ3v) is 2.42. The zero-order valence-corrected chi connectivity index (χ0v) is 9.70. The average molecular weight is 245 g/mol. The molecule has 0 saturated heterocycles. The number of nitrogens with zero attached hydrogens (tertiary/aromatic N) is 3. The predicted octanol–water partition coefficient (Wildman–Crippen LogP) is 0.693. The standard InChI is InChI=1S/C12H11N3O3/c1-8-4-11(16)15(7-14-8)6-10-3-2-9(5-13-10)12(17)18/h2-5,7H,6H2,1H3,(H,17,18). The number of hydrogen-bond donors (Lipinski definition) is 1. The van der Waals surface area contributed by atoms with Crippen LogP contribution in [-0.2, 0) is 6.54 Å². The normalized spacial score (nSPS) is 10.3. The van der Waals surface area contributed by atoms with Gasteiger partial charge < -0.3 is 5.11 Å². The summed E-state index contributed by atoms with van der Waals surface area (Å²) in [5.74, 6) is -1.02. The molecule has 1 N–H and O–H groups in total.